The molecule has 0 aromatic carbocycles. The number of hydrogen-bond acceptors (Lipinski definition) is 4. The molecule has 0 saturated heterocycles. The zero-order valence-corrected chi connectivity index (χ0v) is 6.86. The van der Waals surface area contributed by atoms with E-state index in [-0.39, 0.29) is 12.2 Å². The van der Waals surface area contributed by atoms with Crippen LogP contribution in [0.1, 0.15) is 16.8 Å². The summed E-state index contributed by atoms with van der Waals surface area (Å²) < 4.78 is 9.07. The Labute approximate surface area is 74.8 Å². The van der Waals surface area contributed by atoms with E-state index in [0.717, 1.165) is 6.26 Å². The van der Waals surface area contributed by atoms with Crippen molar-refractivity contribution in [2.75, 3.05) is 0 Å². The van der Waals surface area contributed by atoms with Crippen molar-refractivity contribution in [2.45, 2.75) is 6.42 Å². The highest BCUT2D eigenvalue weighted by molar-refractivity contribution is 6.05. The van der Waals surface area contributed by atoms with Gasteiger partial charge in [0, 0.05) is 0 Å². The lowest BCUT2D eigenvalue weighted by molar-refractivity contribution is -0.136. The monoisotopic (exact) mass is 180 g/mol. The molecule has 0 unspecified atom stereocenters. The molecule has 0 N–H and O–H groups in total. The van der Waals surface area contributed by atoms with E-state index in [1.165, 1.54) is 18.6 Å². The minimum atomic E-state index is -0.624. The molecule has 0 saturated carbocycles. The standard InChI is InChI=1S/C9H8O4/c1-2-13-9(11)5-8(10)7-3-4-12-6-7/h2-4,6H,1,5H2. The van der Waals surface area contributed by atoms with Crippen molar-refractivity contribution in [3.63, 3.8) is 0 Å². The van der Waals surface area contributed by atoms with Crippen LogP contribution < -0.4 is 0 Å². The molecule has 0 bridgehead atoms. The Morgan fingerprint density at radius 1 is 1.62 bits per heavy atom. The molecule has 4 nitrogen and oxygen atoms in total. The second kappa shape index (κ2) is 4.25. The number of furan rings is 1. The SMILES string of the molecule is C=COC(=O)CC(=O)c1ccoc1. The van der Waals surface area contributed by atoms with Gasteiger partial charge in [0.25, 0.3) is 0 Å². The molecule has 1 heterocycles. The summed E-state index contributed by atoms with van der Waals surface area (Å²) in [7, 11) is 0. The van der Waals surface area contributed by atoms with Crippen LogP contribution in [-0.2, 0) is 9.53 Å². The van der Waals surface area contributed by atoms with Crippen molar-refractivity contribution in [1.29, 1.82) is 0 Å². The molecular weight excluding hydrogens is 172 g/mol. The Balaban J connectivity index is 2.51. The van der Waals surface area contributed by atoms with Crippen LogP contribution >= 0.6 is 0 Å². The van der Waals surface area contributed by atoms with E-state index in [0.29, 0.717) is 5.56 Å². The molecular formula is C9H8O4. The molecule has 0 amide bonds. The van der Waals surface area contributed by atoms with Gasteiger partial charge in [0.1, 0.15) is 12.7 Å². The van der Waals surface area contributed by atoms with E-state index in [4.69, 9.17) is 0 Å². The number of hydrogen-bond donors (Lipinski definition) is 0. The summed E-state index contributed by atoms with van der Waals surface area (Å²) in [5, 5.41) is 0. The van der Waals surface area contributed by atoms with E-state index in [2.05, 4.69) is 15.7 Å². The molecule has 68 valence electrons. The summed E-state index contributed by atoms with van der Waals surface area (Å²) in [6.07, 6.45) is 3.34. The van der Waals surface area contributed by atoms with Gasteiger partial charge >= 0.3 is 5.97 Å². The van der Waals surface area contributed by atoms with Gasteiger partial charge < -0.3 is 9.15 Å². The Kier molecular flexibility index (Phi) is 3.03. The van der Waals surface area contributed by atoms with Crippen LogP contribution in [0.2, 0.25) is 0 Å². The fourth-order valence-corrected chi connectivity index (χ4v) is 0.791. The van der Waals surface area contributed by atoms with Crippen LogP contribution in [0, 0.1) is 0 Å². The van der Waals surface area contributed by atoms with Gasteiger partial charge in [-0.2, -0.15) is 0 Å². The maximum atomic E-state index is 11.2. The topological polar surface area (TPSA) is 56.5 Å². The quantitative estimate of drug-likeness (QED) is 0.305. The van der Waals surface area contributed by atoms with Gasteiger partial charge in [-0.05, 0) is 6.07 Å². The van der Waals surface area contributed by atoms with Crippen molar-refractivity contribution in [2.24, 2.45) is 0 Å². The second-order valence-corrected chi connectivity index (χ2v) is 2.27. The van der Waals surface area contributed by atoms with Gasteiger partial charge in [0.15, 0.2) is 5.78 Å². The zero-order chi connectivity index (χ0) is 9.68. The van der Waals surface area contributed by atoms with Gasteiger partial charge in [-0.15, -0.1) is 0 Å². The largest absolute Gasteiger partial charge is 0.472 e. The Morgan fingerprint density at radius 2 is 2.38 bits per heavy atom. The third kappa shape index (κ3) is 2.59. The average molecular weight is 180 g/mol. The van der Waals surface area contributed by atoms with Gasteiger partial charge in [-0.3, -0.25) is 9.59 Å². The molecule has 0 aliphatic heterocycles. The van der Waals surface area contributed by atoms with E-state index in [1.807, 2.05) is 0 Å². The Bertz CT molecular complexity index is 310. The molecule has 1 aromatic heterocycles. The maximum Gasteiger partial charge on any atom is 0.318 e. The number of carbonyl (C=O) groups is 2. The summed E-state index contributed by atoms with van der Waals surface area (Å²) >= 11 is 0. The normalized spacial score (nSPS) is 9.23. The number of rotatable bonds is 4. The highest BCUT2D eigenvalue weighted by atomic mass is 16.5. The summed E-state index contributed by atoms with van der Waals surface area (Å²) in [5.41, 5.74) is 0.362. The molecule has 13 heavy (non-hydrogen) atoms. The van der Waals surface area contributed by atoms with E-state index in [9.17, 15) is 9.59 Å². The minimum absolute atomic E-state index is 0.300. The van der Waals surface area contributed by atoms with Crippen LogP contribution in [-0.4, -0.2) is 11.8 Å². The van der Waals surface area contributed by atoms with E-state index >= 15 is 0 Å². The fraction of sp³-hybridized carbons (Fsp3) is 0.111. The first-order valence-corrected chi connectivity index (χ1v) is 3.60. The second-order valence-electron chi connectivity index (χ2n) is 2.27. The Hall–Kier alpha value is -1.84. The van der Waals surface area contributed by atoms with Crippen molar-refractivity contribution in [1.82, 2.24) is 0 Å². The number of ether oxygens (including phenoxy) is 1. The molecule has 0 aliphatic rings. The van der Waals surface area contributed by atoms with Crippen LogP contribution in [0.3, 0.4) is 0 Å². The highest BCUT2D eigenvalue weighted by Gasteiger charge is 2.12. The van der Waals surface area contributed by atoms with Gasteiger partial charge in [-0.25, -0.2) is 0 Å². The first kappa shape index (κ1) is 9.25. The summed E-state index contributed by atoms with van der Waals surface area (Å²) in [4.78, 5) is 22.0. The average Bonchev–Trinajstić information content (AvgIpc) is 2.55. The number of Topliss-reactive ketones (excluding diaryl/α,β-unsaturated/α-hetero) is 1. The van der Waals surface area contributed by atoms with Crippen LogP contribution in [0.15, 0.2) is 35.9 Å². The number of carbonyl (C=O) groups excluding carboxylic acids is 2. The van der Waals surface area contributed by atoms with Crippen molar-refractivity contribution in [3.05, 3.63) is 37.0 Å². The zero-order valence-electron chi connectivity index (χ0n) is 6.86. The molecule has 0 atom stereocenters. The third-order valence-electron chi connectivity index (χ3n) is 1.36. The predicted molar refractivity (Wildman–Crippen MR) is 43.9 cm³/mol. The molecule has 0 spiro atoms. The Morgan fingerprint density at radius 3 is 2.92 bits per heavy atom. The van der Waals surface area contributed by atoms with Gasteiger partial charge in [0.2, 0.25) is 0 Å². The van der Waals surface area contributed by atoms with Crippen molar-refractivity contribution < 1.29 is 18.7 Å². The molecule has 0 aliphatic carbocycles. The maximum absolute atomic E-state index is 11.2. The molecule has 0 fully saturated rings. The summed E-state index contributed by atoms with van der Waals surface area (Å²) in [5.74, 6) is -0.957. The minimum Gasteiger partial charge on any atom is -0.472 e. The number of esters is 1. The van der Waals surface area contributed by atoms with E-state index < -0.39 is 5.97 Å². The molecule has 1 aromatic rings. The summed E-state index contributed by atoms with van der Waals surface area (Å²) in [6.45, 7) is 3.20. The summed E-state index contributed by atoms with van der Waals surface area (Å²) in [6, 6.07) is 1.49. The van der Waals surface area contributed by atoms with Crippen LogP contribution in [0.25, 0.3) is 0 Å². The lowest BCUT2D eigenvalue weighted by atomic mass is 10.2. The van der Waals surface area contributed by atoms with E-state index in [1.54, 1.807) is 0 Å². The highest BCUT2D eigenvalue weighted by Crippen LogP contribution is 2.04. The third-order valence-corrected chi connectivity index (χ3v) is 1.36. The molecule has 4 heteroatoms. The first-order valence-electron chi connectivity index (χ1n) is 3.60. The smallest absolute Gasteiger partial charge is 0.318 e. The predicted octanol–water partition coefficient (Wildman–Crippen LogP) is 1.54. The lowest BCUT2D eigenvalue weighted by Gasteiger charge is -1.95. The molecule has 1 rings (SSSR count). The van der Waals surface area contributed by atoms with Crippen molar-refractivity contribution in [3.8, 4) is 0 Å². The van der Waals surface area contributed by atoms with Crippen LogP contribution in [0.4, 0.5) is 0 Å². The van der Waals surface area contributed by atoms with Crippen LogP contribution in [0.5, 0.6) is 0 Å². The fourth-order valence-electron chi connectivity index (χ4n) is 0.791. The number of ketones is 1. The molecule has 0 radical (unpaired) electrons. The van der Waals surface area contributed by atoms with Crippen molar-refractivity contribution >= 4 is 11.8 Å². The lowest BCUT2D eigenvalue weighted by Crippen LogP contribution is -2.08. The first-order chi connectivity index (χ1) is 6.24. The van der Waals surface area contributed by atoms with Gasteiger partial charge in [-0.1, -0.05) is 6.58 Å². The van der Waals surface area contributed by atoms with Gasteiger partial charge in [0.05, 0.1) is 18.1 Å².